The zero-order chi connectivity index (χ0) is 10.1. The lowest BCUT2D eigenvalue weighted by Crippen LogP contribution is -2.14. The third-order valence-corrected chi connectivity index (χ3v) is 2.90. The van der Waals surface area contributed by atoms with Gasteiger partial charge in [0.25, 0.3) is 0 Å². The van der Waals surface area contributed by atoms with E-state index in [0.29, 0.717) is 11.0 Å². The van der Waals surface area contributed by atoms with Gasteiger partial charge in [-0.15, -0.1) is 0 Å². The Morgan fingerprint density at radius 3 is 2.79 bits per heavy atom. The van der Waals surface area contributed by atoms with Gasteiger partial charge in [0.15, 0.2) is 0 Å². The summed E-state index contributed by atoms with van der Waals surface area (Å²) in [7, 11) is 0. The summed E-state index contributed by atoms with van der Waals surface area (Å²) < 4.78 is 1.04. The molecule has 14 heavy (non-hydrogen) atoms. The lowest BCUT2D eigenvalue weighted by molar-refractivity contribution is 1.15. The van der Waals surface area contributed by atoms with E-state index in [1.807, 2.05) is 18.2 Å². The summed E-state index contributed by atoms with van der Waals surface area (Å²) in [6.45, 7) is 0. The number of nitrogens with one attached hydrogen (secondary N) is 1. The van der Waals surface area contributed by atoms with Gasteiger partial charge in [0, 0.05) is 21.8 Å². The molecule has 0 heterocycles. The highest BCUT2D eigenvalue weighted by atomic mass is 79.9. The van der Waals surface area contributed by atoms with Crippen LogP contribution < -0.4 is 11.1 Å². The van der Waals surface area contributed by atoms with E-state index in [4.69, 9.17) is 18.0 Å². The van der Waals surface area contributed by atoms with Gasteiger partial charge in [-0.05, 0) is 31.0 Å². The number of anilines is 1. The van der Waals surface area contributed by atoms with Crippen LogP contribution in [-0.2, 0) is 0 Å². The average Bonchev–Trinajstić information content (AvgIpc) is 2.87. The molecule has 4 heteroatoms. The van der Waals surface area contributed by atoms with Crippen molar-refractivity contribution in [2.45, 2.75) is 18.9 Å². The molecule has 1 fully saturated rings. The lowest BCUT2D eigenvalue weighted by Gasteiger charge is -2.10. The van der Waals surface area contributed by atoms with Gasteiger partial charge in [0.2, 0.25) is 0 Å². The van der Waals surface area contributed by atoms with Crippen molar-refractivity contribution in [3.63, 3.8) is 0 Å². The molecule has 0 radical (unpaired) electrons. The second-order valence-corrected chi connectivity index (χ2v) is 4.83. The molecular formula is C10H11BrN2S. The third-order valence-electron chi connectivity index (χ3n) is 2.18. The minimum absolute atomic E-state index is 0.445. The molecule has 0 unspecified atom stereocenters. The van der Waals surface area contributed by atoms with Crippen LogP contribution in [0.4, 0.5) is 5.69 Å². The van der Waals surface area contributed by atoms with Crippen molar-refractivity contribution in [2.24, 2.45) is 5.73 Å². The Morgan fingerprint density at radius 1 is 1.50 bits per heavy atom. The van der Waals surface area contributed by atoms with Gasteiger partial charge in [0.1, 0.15) is 4.99 Å². The predicted molar refractivity (Wildman–Crippen MR) is 66.7 cm³/mol. The van der Waals surface area contributed by atoms with E-state index in [0.717, 1.165) is 15.7 Å². The molecule has 3 N–H and O–H groups in total. The van der Waals surface area contributed by atoms with Gasteiger partial charge in [-0.2, -0.15) is 0 Å². The Kier molecular flexibility index (Phi) is 2.74. The molecule has 1 aromatic carbocycles. The van der Waals surface area contributed by atoms with Crippen LogP contribution >= 0.6 is 28.1 Å². The zero-order valence-corrected chi connectivity index (χ0v) is 9.99. The largest absolute Gasteiger partial charge is 0.389 e. The first-order valence-electron chi connectivity index (χ1n) is 4.52. The van der Waals surface area contributed by atoms with Crippen LogP contribution in [0.25, 0.3) is 0 Å². The molecule has 1 aromatic rings. The molecule has 2 nitrogen and oxygen atoms in total. The van der Waals surface area contributed by atoms with Gasteiger partial charge in [-0.25, -0.2) is 0 Å². The van der Waals surface area contributed by atoms with E-state index < -0.39 is 0 Å². The first kappa shape index (κ1) is 9.93. The van der Waals surface area contributed by atoms with Crippen LogP contribution in [-0.4, -0.2) is 11.0 Å². The van der Waals surface area contributed by atoms with Crippen molar-refractivity contribution in [3.05, 3.63) is 28.2 Å². The smallest absolute Gasteiger partial charge is 0.106 e. The second-order valence-electron chi connectivity index (χ2n) is 3.47. The van der Waals surface area contributed by atoms with Crippen LogP contribution in [0.1, 0.15) is 18.4 Å². The fourth-order valence-corrected chi connectivity index (χ4v) is 1.84. The highest BCUT2D eigenvalue weighted by molar-refractivity contribution is 9.10. The quantitative estimate of drug-likeness (QED) is 0.830. The topological polar surface area (TPSA) is 38.0 Å². The second kappa shape index (κ2) is 3.87. The first-order chi connectivity index (χ1) is 6.66. The highest BCUT2D eigenvalue weighted by Crippen LogP contribution is 2.28. The van der Waals surface area contributed by atoms with Crippen molar-refractivity contribution >= 4 is 38.8 Å². The molecule has 0 atom stereocenters. The fourth-order valence-electron chi connectivity index (χ4n) is 1.30. The monoisotopic (exact) mass is 270 g/mol. The van der Waals surface area contributed by atoms with Crippen molar-refractivity contribution in [1.82, 2.24) is 0 Å². The molecular weight excluding hydrogens is 260 g/mol. The number of hydrogen-bond acceptors (Lipinski definition) is 2. The number of hydrogen-bond donors (Lipinski definition) is 2. The minimum atomic E-state index is 0.445. The van der Waals surface area contributed by atoms with Gasteiger partial charge in [-0.3, -0.25) is 0 Å². The van der Waals surface area contributed by atoms with Gasteiger partial charge < -0.3 is 11.1 Å². The zero-order valence-electron chi connectivity index (χ0n) is 7.59. The normalized spacial score (nSPS) is 15.2. The third kappa shape index (κ3) is 2.25. The number of nitrogens with two attached hydrogens (primary N) is 1. The SMILES string of the molecule is NC(=S)c1ccc(Br)cc1NC1CC1. The van der Waals surface area contributed by atoms with Gasteiger partial charge in [-0.1, -0.05) is 28.1 Å². The van der Waals surface area contributed by atoms with Crippen LogP contribution in [0.15, 0.2) is 22.7 Å². The maximum atomic E-state index is 5.64. The van der Waals surface area contributed by atoms with E-state index in [9.17, 15) is 0 Å². The summed E-state index contributed by atoms with van der Waals surface area (Å²) in [5.74, 6) is 0. The lowest BCUT2D eigenvalue weighted by atomic mass is 10.2. The molecule has 1 aliphatic rings. The van der Waals surface area contributed by atoms with Crippen molar-refractivity contribution in [1.29, 1.82) is 0 Å². The summed E-state index contributed by atoms with van der Waals surface area (Å²) in [6.07, 6.45) is 2.48. The molecule has 0 bridgehead atoms. The molecule has 2 rings (SSSR count). The number of halogens is 1. The summed E-state index contributed by atoms with van der Waals surface area (Å²) in [4.78, 5) is 0.445. The van der Waals surface area contributed by atoms with Crippen LogP contribution in [0, 0.1) is 0 Å². The molecule has 0 amide bonds. The van der Waals surface area contributed by atoms with Gasteiger partial charge >= 0.3 is 0 Å². The Labute approximate surface area is 97.0 Å². The summed E-state index contributed by atoms with van der Waals surface area (Å²) >= 11 is 8.42. The standard InChI is InChI=1S/C10H11BrN2S/c11-6-1-4-8(10(12)14)9(5-6)13-7-2-3-7/h1,4-5,7,13H,2-3H2,(H2,12,14). The Morgan fingerprint density at radius 2 is 2.21 bits per heavy atom. The van der Waals surface area contributed by atoms with E-state index >= 15 is 0 Å². The van der Waals surface area contributed by atoms with E-state index in [1.165, 1.54) is 12.8 Å². The van der Waals surface area contributed by atoms with Crippen molar-refractivity contribution < 1.29 is 0 Å². The minimum Gasteiger partial charge on any atom is -0.389 e. The highest BCUT2D eigenvalue weighted by Gasteiger charge is 2.22. The Bertz CT molecular complexity index is 374. The molecule has 0 spiro atoms. The van der Waals surface area contributed by atoms with E-state index in [2.05, 4.69) is 21.2 Å². The first-order valence-corrected chi connectivity index (χ1v) is 5.73. The number of thiocarbonyl (C=S) groups is 1. The van der Waals surface area contributed by atoms with Gasteiger partial charge in [0.05, 0.1) is 0 Å². The van der Waals surface area contributed by atoms with Crippen LogP contribution in [0.3, 0.4) is 0 Å². The summed E-state index contributed by atoms with van der Waals surface area (Å²) in [5, 5.41) is 3.41. The molecule has 0 aliphatic heterocycles. The summed E-state index contributed by atoms with van der Waals surface area (Å²) in [6, 6.07) is 6.52. The van der Waals surface area contributed by atoms with Crippen LogP contribution in [0.2, 0.25) is 0 Å². The Balaban J connectivity index is 2.31. The maximum Gasteiger partial charge on any atom is 0.106 e. The average molecular weight is 271 g/mol. The molecule has 1 saturated carbocycles. The fraction of sp³-hybridized carbons (Fsp3) is 0.300. The van der Waals surface area contributed by atoms with Crippen molar-refractivity contribution in [3.8, 4) is 0 Å². The number of benzene rings is 1. The predicted octanol–water partition coefficient (Wildman–Crippen LogP) is 2.66. The number of rotatable bonds is 3. The van der Waals surface area contributed by atoms with E-state index in [-0.39, 0.29) is 0 Å². The molecule has 0 aromatic heterocycles. The molecule has 74 valence electrons. The Hall–Kier alpha value is -0.610. The molecule has 0 saturated heterocycles. The maximum absolute atomic E-state index is 5.64. The van der Waals surface area contributed by atoms with Crippen LogP contribution in [0.5, 0.6) is 0 Å². The van der Waals surface area contributed by atoms with Crippen molar-refractivity contribution in [2.75, 3.05) is 5.32 Å². The van der Waals surface area contributed by atoms with E-state index in [1.54, 1.807) is 0 Å². The summed E-state index contributed by atoms with van der Waals surface area (Å²) in [5.41, 5.74) is 7.60. The molecule has 1 aliphatic carbocycles.